The highest BCUT2D eigenvalue weighted by Gasteiger charge is 2.34. The van der Waals surface area contributed by atoms with Crippen LogP contribution in [0.2, 0.25) is 0 Å². The summed E-state index contributed by atoms with van der Waals surface area (Å²) in [5.41, 5.74) is 1.04. The molecule has 3 aliphatic heterocycles. The summed E-state index contributed by atoms with van der Waals surface area (Å²) in [4.78, 5) is 14.1. The van der Waals surface area contributed by atoms with Gasteiger partial charge in [0, 0.05) is 18.6 Å². The molecule has 2 bridgehead atoms. The molecule has 0 aromatic heterocycles. The molecule has 1 aromatic carbocycles. The maximum atomic E-state index is 12.2. The van der Waals surface area contributed by atoms with Crippen LogP contribution in [0.4, 0.5) is 4.79 Å². The van der Waals surface area contributed by atoms with Crippen LogP contribution >= 0.6 is 0 Å². The number of piperidine rings is 1. The Kier molecular flexibility index (Phi) is 3.69. The van der Waals surface area contributed by atoms with E-state index in [1.54, 1.807) is 0 Å². The standard InChI is InChI=1S/C15H20N2O2/c18-15(19-11-12-4-2-1-3-5-12)17-10-13-6-7-14(17)8-9-16-13/h1-5,13-14,16H,6-11H2. The Morgan fingerprint density at radius 1 is 1.26 bits per heavy atom. The summed E-state index contributed by atoms with van der Waals surface area (Å²) in [5.74, 6) is 0. The minimum Gasteiger partial charge on any atom is -0.445 e. The van der Waals surface area contributed by atoms with Gasteiger partial charge in [0.05, 0.1) is 0 Å². The molecule has 1 N–H and O–H groups in total. The molecule has 4 heteroatoms. The molecule has 4 rings (SSSR count). The van der Waals surface area contributed by atoms with E-state index < -0.39 is 0 Å². The fraction of sp³-hybridized carbons (Fsp3) is 0.533. The molecule has 3 saturated heterocycles. The van der Waals surface area contributed by atoms with Gasteiger partial charge in [-0.1, -0.05) is 30.3 Å². The van der Waals surface area contributed by atoms with Gasteiger partial charge in [-0.3, -0.25) is 0 Å². The first-order valence-corrected chi connectivity index (χ1v) is 7.03. The van der Waals surface area contributed by atoms with Gasteiger partial charge in [-0.05, 0) is 31.4 Å². The van der Waals surface area contributed by atoms with Crippen molar-refractivity contribution in [3.63, 3.8) is 0 Å². The first-order chi connectivity index (χ1) is 9.33. The lowest BCUT2D eigenvalue weighted by atomic mass is 10.00. The number of amides is 1. The van der Waals surface area contributed by atoms with Crippen LogP contribution in [-0.2, 0) is 11.3 Å². The summed E-state index contributed by atoms with van der Waals surface area (Å²) >= 11 is 0. The quantitative estimate of drug-likeness (QED) is 0.886. The zero-order valence-corrected chi connectivity index (χ0v) is 11.0. The molecule has 0 aliphatic carbocycles. The van der Waals surface area contributed by atoms with Crippen molar-refractivity contribution in [1.29, 1.82) is 0 Å². The Labute approximate surface area is 113 Å². The normalized spacial score (nSPS) is 26.0. The molecule has 3 heterocycles. The zero-order chi connectivity index (χ0) is 13.1. The fourth-order valence-corrected chi connectivity index (χ4v) is 2.97. The SMILES string of the molecule is O=C(OCc1ccccc1)N1CC2CCC1CCN2. The zero-order valence-electron chi connectivity index (χ0n) is 11.0. The third-order valence-electron chi connectivity index (χ3n) is 4.06. The van der Waals surface area contributed by atoms with E-state index in [-0.39, 0.29) is 6.09 Å². The molecule has 1 amide bonds. The molecular weight excluding hydrogens is 240 g/mol. The molecule has 19 heavy (non-hydrogen) atoms. The van der Waals surface area contributed by atoms with Gasteiger partial charge in [-0.2, -0.15) is 0 Å². The van der Waals surface area contributed by atoms with Crippen LogP contribution in [-0.4, -0.2) is 36.2 Å². The van der Waals surface area contributed by atoms with Crippen molar-refractivity contribution in [2.75, 3.05) is 13.1 Å². The average Bonchev–Trinajstić information content (AvgIpc) is 2.81. The number of carbonyl (C=O) groups is 1. The Morgan fingerprint density at radius 2 is 2.11 bits per heavy atom. The number of nitrogens with zero attached hydrogens (tertiary/aromatic N) is 1. The van der Waals surface area contributed by atoms with Crippen molar-refractivity contribution >= 4 is 6.09 Å². The van der Waals surface area contributed by atoms with Crippen molar-refractivity contribution < 1.29 is 9.53 Å². The van der Waals surface area contributed by atoms with Crippen molar-refractivity contribution in [3.8, 4) is 0 Å². The van der Waals surface area contributed by atoms with E-state index in [1.165, 1.54) is 6.42 Å². The minimum absolute atomic E-state index is 0.165. The maximum Gasteiger partial charge on any atom is 0.410 e. The van der Waals surface area contributed by atoms with Gasteiger partial charge in [-0.25, -0.2) is 4.79 Å². The molecular formula is C15H20N2O2. The second-order valence-corrected chi connectivity index (χ2v) is 5.36. The van der Waals surface area contributed by atoms with Crippen molar-refractivity contribution in [3.05, 3.63) is 35.9 Å². The number of rotatable bonds is 2. The number of nitrogens with one attached hydrogen (secondary N) is 1. The van der Waals surface area contributed by atoms with Crippen LogP contribution in [0.1, 0.15) is 24.8 Å². The molecule has 2 unspecified atom stereocenters. The first kappa shape index (κ1) is 12.5. The molecule has 0 spiro atoms. The van der Waals surface area contributed by atoms with E-state index in [2.05, 4.69) is 5.32 Å². The summed E-state index contributed by atoms with van der Waals surface area (Å²) in [7, 11) is 0. The molecule has 3 fully saturated rings. The predicted molar refractivity (Wildman–Crippen MR) is 72.8 cm³/mol. The highest BCUT2D eigenvalue weighted by Crippen LogP contribution is 2.24. The molecule has 102 valence electrons. The van der Waals surface area contributed by atoms with Gasteiger partial charge >= 0.3 is 6.09 Å². The van der Waals surface area contributed by atoms with Gasteiger partial charge in [-0.15, -0.1) is 0 Å². The van der Waals surface area contributed by atoms with Crippen LogP contribution in [0, 0.1) is 0 Å². The Hall–Kier alpha value is -1.55. The van der Waals surface area contributed by atoms with Gasteiger partial charge in [0.2, 0.25) is 0 Å². The van der Waals surface area contributed by atoms with E-state index in [0.717, 1.165) is 31.5 Å². The fourth-order valence-electron chi connectivity index (χ4n) is 2.97. The van der Waals surface area contributed by atoms with Crippen LogP contribution < -0.4 is 5.32 Å². The number of carbonyl (C=O) groups excluding carboxylic acids is 1. The topological polar surface area (TPSA) is 41.6 Å². The van der Waals surface area contributed by atoms with Crippen LogP contribution in [0.15, 0.2) is 30.3 Å². The molecule has 0 saturated carbocycles. The number of ether oxygens (including phenoxy) is 1. The molecule has 3 aliphatic rings. The van der Waals surface area contributed by atoms with Gasteiger partial charge in [0.15, 0.2) is 0 Å². The smallest absolute Gasteiger partial charge is 0.410 e. The van der Waals surface area contributed by atoms with Crippen LogP contribution in [0.5, 0.6) is 0 Å². The van der Waals surface area contributed by atoms with Crippen LogP contribution in [0.25, 0.3) is 0 Å². The third kappa shape index (κ3) is 2.89. The lowest BCUT2D eigenvalue weighted by Crippen LogP contribution is -2.49. The summed E-state index contributed by atoms with van der Waals surface area (Å²) in [6.45, 7) is 2.16. The average molecular weight is 260 g/mol. The lowest BCUT2D eigenvalue weighted by Gasteiger charge is -2.35. The van der Waals surface area contributed by atoms with E-state index in [9.17, 15) is 4.79 Å². The molecule has 1 aromatic rings. The summed E-state index contributed by atoms with van der Waals surface area (Å²) in [5, 5.41) is 3.48. The Balaban J connectivity index is 1.58. The number of fused-ring (bicyclic) bond motifs is 4. The summed E-state index contributed by atoms with van der Waals surface area (Å²) in [6.07, 6.45) is 3.14. The van der Waals surface area contributed by atoms with Crippen LogP contribution in [0.3, 0.4) is 0 Å². The minimum atomic E-state index is -0.165. The Morgan fingerprint density at radius 3 is 2.95 bits per heavy atom. The monoisotopic (exact) mass is 260 g/mol. The number of hydrogen-bond acceptors (Lipinski definition) is 3. The van der Waals surface area contributed by atoms with Gasteiger partial charge < -0.3 is 15.0 Å². The summed E-state index contributed by atoms with van der Waals surface area (Å²) in [6, 6.07) is 10.6. The lowest BCUT2D eigenvalue weighted by molar-refractivity contribution is 0.0670. The highest BCUT2D eigenvalue weighted by atomic mass is 16.6. The number of hydrogen-bond donors (Lipinski definition) is 1. The second-order valence-electron chi connectivity index (χ2n) is 5.36. The van der Waals surface area contributed by atoms with E-state index in [4.69, 9.17) is 4.74 Å². The molecule has 2 atom stereocenters. The van der Waals surface area contributed by atoms with Gasteiger partial charge in [0.1, 0.15) is 6.61 Å². The van der Waals surface area contributed by atoms with E-state index in [1.807, 2.05) is 35.2 Å². The maximum absolute atomic E-state index is 12.2. The van der Waals surface area contributed by atoms with Crippen molar-refractivity contribution in [2.24, 2.45) is 0 Å². The third-order valence-corrected chi connectivity index (χ3v) is 4.06. The van der Waals surface area contributed by atoms with Crippen molar-refractivity contribution in [2.45, 2.75) is 38.0 Å². The molecule has 4 nitrogen and oxygen atoms in total. The predicted octanol–water partition coefficient (Wildman–Crippen LogP) is 2.15. The highest BCUT2D eigenvalue weighted by molar-refractivity contribution is 5.68. The van der Waals surface area contributed by atoms with E-state index in [0.29, 0.717) is 18.7 Å². The first-order valence-electron chi connectivity index (χ1n) is 7.03. The summed E-state index contributed by atoms with van der Waals surface area (Å²) < 4.78 is 5.43. The van der Waals surface area contributed by atoms with Crippen molar-refractivity contribution in [1.82, 2.24) is 10.2 Å². The molecule has 0 radical (unpaired) electrons. The van der Waals surface area contributed by atoms with Gasteiger partial charge in [0.25, 0.3) is 0 Å². The second kappa shape index (κ2) is 5.61. The largest absolute Gasteiger partial charge is 0.445 e. The number of benzene rings is 1. The van der Waals surface area contributed by atoms with E-state index >= 15 is 0 Å². The Bertz CT molecular complexity index is 431.